The minimum atomic E-state index is -0.149. The van der Waals surface area contributed by atoms with Gasteiger partial charge in [0, 0.05) is 30.0 Å². The first-order chi connectivity index (χ1) is 15.0. The summed E-state index contributed by atoms with van der Waals surface area (Å²) in [5.41, 5.74) is 3.57. The molecule has 31 heavy (non-hydrogen) atoms. The van der Waals surface area contributed by atoms with E-state index in [1.807, 2.05) is 37.3 Å². The van der Waals surface area contributed by atoms with Crippen molar-refractivity contribution < 1.29 is 14.3 Å². The number of nitrogens with zero attached hydrogens (tertiary/aromatic N) is 2. The number of aromatic nitrogens is 1. The molecule has 0 spiro atoms. The van der Waals surface area contributed by atoms with Crippen molar-refractivity contribution in [2.75, 3.05) is 37.5 Å². The molecule has 7 heteroatoms. The normalized spacial score (nSPS) is 15.7. The number of thiazole rings is 1. The number of aryl methyl sites for hydroxylation is 1. The Bertz CT molecular complexity index is 1080. The minimum absolute atomic E-state index is 0.149. The molecule has 1 fully saturated rings. The number of hydrogen-bond donors (Lipinski definition) is 1. The number of ether oxygens (including phenoxy) is 2. The molecular weight excluding hydrogens is 410 g/mol. The smallest absolute Gasteiger partial charge is 0.267 e. The maximum atomic E-state index is 12.9. The zero-order valence-corrected chi connectivity index (χ0v) is 19.1. The van der Waals surface area contributed by atoms with Gasteiger partial charge in [0.25, 0.3) is 5.91 Å². The van der Waals surface area contributed by atoms with Crippen LogP contribution >= 0.6 is 11.3 Å². The molecule has 4 rings (SSSR count). The number of carbonyl (C=O) groups excluding carboxylic acids is 1. The van der Waals surface area contributed by atoms with Crippen LogP contribution in [0.15, 0.2) is 42.5 Å². The molecule has 0 saturated carbocycles. The molecule has 1 atom stereocenters. The molecule has 1 aliphatic rings. The standard InChI is InChI=1S/C24H27N3O3S/c1-15-11-12-27(14-15)19-8-6-18(7-9-19)26-23(28)22-16(2)25-24(31-22)17-5-10-20(29-3)21(13-17)30-4/h5-10,13,15H,11-12,14H2,1-4H3,(H,26,28). The van der Waals surface area contributed by atoms with Crippen molar-refractivity contribution in [3.63, 3.8) is 0 Å². The molecule has 1 saturated heterocycles. The molecule has 6 nitrogen and oxygen atoms in total. The number of amides is 1. The maximum absolute atomic E-state index is 12.9. The van der Waals surface area contributed by atoms with E-state index in [1.165, 1.54) is 23.4 Å². The fourth-order valence-corrected chi connectivity index (χ4v) is 4.77. The van der Waals surface area contributed by atoms with E-state index < -0.39 is 0 Å². The number of anilines is 2. The largest absolute Gasteiger partial charge is 0.493 e. The number of carbonyl (C=O) groups is 1. The molecule has 1 N–H and O–H groups in total. The van der Waals surface area contributed by atoms with E-state index in [2.05, 4.69) is 34.3 Å². The fourth-order valence-electron chi connectivity index (χ4n) is 3.81. The predicted octanol–water partition coefficient (Wildman–Crippen LogP) is 5.23. The monoisotopic (exact) mass is 437 g/mol. The van der Waals surface area contributed by atoms with Gasteiger partial charge in [-0.25, -0.2) is 4.98 Å². The van der Waals surface area contributed by atoms with Crippen molar-refractivity contribution in [1.82, 2.24) is 4.98 Å². The number of rotatable bonds is 6. The number of benzene rings is 2. The fraction of sp³-hybridized carbons (Fsp3) is 0.333. The minimum Gasteiger partial charge on any atom is -0.493 e. The van der Waals surface area contributed by atoms with Crippen molar-refractivity contribution in [2.24, 2.45) is 5.92 Å². The lowest BCUT2D eigenvalue weighted by Crippen LogP contribution is -2.19. The number of nitrogens with one attached hydrogen (secondary N) is 1. The van der Waals surface area contributed by atoms with E-state index in [1.54, 1.807) is 14.2 Å². The van der Waals surface area contributed by atoms with Crippen LogP contribution in [-0.4, -0.2) is 38.2 Å². The molecule has 1 unspecified atom stereocenters. The molecule has 0 aliphatic carbocycles. The summed E-state index contributed by atoms with van der Waals surface area (Å²) in [5.74, 6) is 1.87. The lowest BCUT2D eigenvalue weighted by Gasteiger charge is -2.18. The number of hydrogen-bond acceptors (Lipinski definition) is 6. The van der Waals surface area contributed by atoms with Crippen LogP contribution in [0.5, 0.6) is 11.5 Å². The summed E-state index contributed by atoms with van der Waals surface area (Å²) in [6.45, 7) is 6.31. The third kappa shape index (κ3) is 4.51. The number of methoxy groups -OCH3 is 2. The summed E-state index contributed by atoms with van der Waals surface area (Å²) in [6, 6.07) is 13.7. The molecule has 2 aromatic carbocycles. The Morgan fingerprint density at radius 3 is 2.52 bits per heavy atom. The summed E-state index contributed by atoms with van der Waals surface area (Å²) in [4.78, 5) is 20.5. The molecule has 2 heterocycles. The lowest BCUT2D eigenvalue weighted by atomic mass is 10.2. The average Bonchev–Trinajstić information content (AvgIpc) is 3.39. The maximum Gasteiger partial charge on any atom is 0.267 e. The van der Waals surface area contributed by atoms with E-state index in [4.69, 9.17) is 9.47 Å². The van der Waals surface area contributed by atoms with Crippen LogP contribution in [0.25, 0.3) is 10.6 Å². The van der Waals surface area contributed by atoms with Gasteiger partial charge in [-0.1, -0.05) is 6.92 Å². The zero-order valence-electron chi connectivity index (χ0n) is 18.3. The van der Waals surface area contributed by atoms with Crippen LogP contribution in [0, 0.1) is 12.8 Å². The predicted molar refractivity (Wildman–Crippen MR) is 126 cm³/mol. The average molecular weight is 438 g/mol. The lowest BCUT2D eigenvalue weighted by molar-refractivity contribution is 0.103. The van der Waals surface area contributed by atoms with Crippen molar-refractivity contribution in [3.05, 3.63) is 53.0 Å². The molecule has 1 aromatic heterocycles. The molecule has 0 bridgehead atoms. The first kappa shape index (κ1) is 21.2. The Balaban J connectivity index is 1.49. The van der Waals surface area contributed by atoms with Gasteiger partial charge in [-0.2, -0.15) is 0 Å². The summed E-state index contributed by atoms with van der Waals surface area (Å²) in [5, 5.41) is 3.77. The van der Waals surface area contributed by atoms with Gasteiger partial charge in [-0.3, -0.25) is 4.79 Å². The summed E-state index contributed by atoms with van der Waals surface area (Å²) in [6.07, 6.45) is 1.23. The second-order valence-corrected chi connectivity index (χ2v) is 8.84. The molecule has 162 valence electrons. The summed E-state index contributed by atoms with van der Waals surface area (Å²) in [7, 11) is 3.20. The third-order valence-corrected chi connectivity index (χ3v) is 6.75. The van der Waals surface area contributed by atoms with Crippen molar-refractivity contribution in [3.8, 4) is 22.1 Å². The molecule has 3 aromatic rings. The Morgan fingerprint density at radius 1 is 1.13 bits per heavy atom. The highest BCUT2D eigenvalue weighted by Gasteiger charge is 2.20. The van der Waals surface area contributed by atoms with Crippen molar-refractivity contribution in [2.45, 2.75) is 20.3 Å². The Hall–Kier alpha value is -3.06. The van der Waals surface area contributed by atoms with Gasteiger partial charge >= 0.3 is 0 Å². The van der Waals surface area contributed by atoms with Crippen molar-refractivity contribution >= 4 is 28.6 Å². The Kier molecular flexibility index (Phi) is 6.13. The van der Waals surface area contributed by atoms with E-state index in [0.29, 0.717) is 22.1 Å². The van der Waals surface area contributed by atoms with Gasteiger partial charge < -0.3 is 19.7 Å². The van der Waals surface area contributed by atoms with E-state index in [9.17, 15) is 4.79 Å². The van der Waals surface area contributed by atoms with Gasteiger partial charge in [0.15, 0.2) is 11.5 Å². The summed E-state index contributed by atoms with van der Waals surface area (Å²) >= 11 is 1.37. The highest BCUT2D eigenvalue weighted by Crippen LogP contribution is 2.35. The van der Waals surface area contributed by atoms with Crippen LogP contribution in [-0.2, 0) is 0 Å². The molecule has 0 radical (unpaired) electrons. The second-order valence-electron chi connectivity index (χ2n) is 7.84. The van der Waals surface area contributed by atoms with Crippen molar-refractivity contribution in [1.29, 1.82) is 0 Å². The van der Waals surface area contributed by atoms with Crippen LogP contribution in [0.4, 0.5) is 11.4 Å². The summed E-state index contributed by atoms with van der Waals surface area (Å²) < 4.78 is 10.7. The zero-order chi connectivity index (χ0) is 22.0. The first-order valence-corrected chi connectivity index (χ1v) is 11.2. The van der Waals surface area contributed by atoms with Gasteiger partial charge in [0.2, 0.25) is 0 Å². The van der Waals surface area contributed by atoms with E-state index in [0.717, 1.165) is 35.3 Å². The Labute approximate surface area is 186 Å². The van der Waals surface area contributed by atoms with Gasteiger partial charge in [0.1, 0.15) is 9.88 Å². The van der Waals surface area contributed by atoms with E-state index in [-0.39, 0.29) is 5.91 Å². The second kappa shape index (κ2) is 8.98. The van der Waals surface area contributed by atoms with Crippen LogP contribution < -0.4 is 19.7 Å². The van der Waals surface area contributed by atoms with Gasteiger partial charge in [-0.15, -0.1) is 11.3 Å². The van der Waals surface area contributed by atoms with E-state index >= 15 is 0 Å². The molecular formula is C24H27N3O3S. The SMILES string of the molecule is COc1ccc(-c2nc(C)c(C(=O)Nc3ccc(N4CCC(C)C4)cc3)s2)cc1OC. The van der Waals surface area contributed by atoms with Gasteiger partial charge in [0.05, 0.1) is 19.9 Å². The highest BCUT2D eigenvalue weighted by atomic mass is 32.1. The first-order valence-electron chi connectivity index (χ1n) is 10.3. The van der Waals surface area contributed by atoms with Crippen LogP contribution in [0.2, 0.25) is 0 Å². The molecule has 1 aliphatic heterocycles. The molecule has 1 amide bonds. The quantitative estimate of drug-likeness (QED) is 0.572. The van der Waals surface area contributed by atoms with Gasteiger partial charge in [-0.05, 0) is 61.7 Å². The third-order valence-electron chi connectivity index (χ3n) is 5.55. The van der Waals surface area contributed by atoms with Crippen LogP contribution in [0.3, 0.4) is 0 Å². The topological polar surface area (TPSA) is 63.7 Å². The highest BCUT2D eigenvalue weighted by molar-refractivity contribution is 7.17. The Morgan fingerprint density at radius 2 is 1.87 bits per heavy atom. The van der Waals surface area contributed by atoms with Crippen LogP contribution in [0.1, 0.15) is 28.7 Å².